The molecule has 0 radical (unpaired) electrons. The molecular formula is C29H33FN2O3. The number of phenols is 1. The average molecular weight is 477 g/mol. The van der Waals surface area contributed by atoms with E-state index in [1.807, 2.05) is 60.7 Å². The Labute approximate surface area is 206 Å². The maximum atomic E-state index is 14.2. The van der Waals surface area contributed by atoms with Crippen LogP contribution in [-0.4, -0.2) is 40.6 Å². The van der Waals surface area contributed by atoms with Gasteiger partial charge in [-0.05, 0) is 56.4 Å². The molecule has 5 nitrogen and oxygen atoms in total. The Balaban J connectivity index is 1.53. The zero-order valence-electron chi connectivity index (χ0n) is 20.3. The van der Waals surface area contributed by atoms with Gasteiger partial charge < -0.3 is 15.6 Å². The minimum atomic E-state index is -0.944. The van der Waals surface area contributed by atoms with Crippen LogP contribution in [0.15, 0.2) is 78.9 Å². The van der Waals surface area contributed by atoms with Gasteiger partial charge >= 0.3 is 0 Å². The Bertz CT molecular complexity index is 1110. The second-order valence-corrected chi connectivity index (χ2v) is 9.88. The second-order valence-electron chi connectivity index (χ2n) is 9.88. The topological polar surface area (TPSA) is 75.8 Å². The maximum absolute atomic E-state index is 14.2. The fourth-order valence-corrected chi connectivity index (χ4v) is 5.10. The summed E-state index contributed by atoms with van der Waals surface area (Å²) in [6, 6.07) is 23.9. The van der Waals surface area contributed by atoms with Crippen molar-refractivity contribution < 1.29 is 19.0 Å². The largest absolute Gasteiger partial charge is 0.505 e. The molecule has 3 aromatic carbocycles. The van der Waals surface area contributed by atoms with Crippen molar-refractivity contribution in [2.24, 2.45) is 5.73 Å². The molecule has 1 aliphatic heterocycles. The highest BCUT2D eigenvalue weighted by Gasteiger charge is 2.43. The van der Waals surface area contributed by atoms with Gasteiger partial charge in [0.15, 0.2) is 11.5 Å². The molecule has 35 heavy (non-hydrogen) atoms. The van der Waals surface area contributed by atoms with Crippen molar-refractivity contribution in [3.8, 4) is 11.5 Å². The molecule has 3 N–H and O–H groups in total. The summed E-state index contributed by atoms with van der Waals surface area (Å²) in [6.07, 6.45) is 1.82. The molecule has 0 unspecified atom stereocenters. The monoisotopic (exact) mass is 476 g/mol. The lowest BCUT2D eigenvalue weighted by molar-refractivity contribution is -0.122. The molecule has 0 bridgehead atoms. The number of hydrogen-bond donors (Lipinski definition) is 2. The Morgan fingerprint density at radius 2 is 1.60 bits per heavy atom. The van der Waals surface area contributed by atoms with Crippen LogP contribution in [0.25, 0.3) is 0 Å². The molecule has 0 spiro atoms. The number of rotatable bonds is 9. The first kappa shape index (κ1) is 24.7. The standard InChI is InChI=1S/C29H33FN2O3/c1-28(2,32-19-16-23(20-32)35-25-15-9-14-24(33)26(25)30)17-18-29(27(31)34,21-10-5-3-6-11-21)22-12-7-4-8-13-22/h3-15,23,33H,16-20H2,1-2H3,(H2,31,34)/t23-/m0/s1. The second kappa shape index (κ2) is 10.1. The van der Waals surface area contributed by atoms with Crippen LogP contribution in [-0.2, 0) is 10.2 Å². The van der Waals surface area contributed by atoms with Crippen LogP contribution >= 0.6 is 0 Å². The van der Waals surface area contributed by atoms with Gasteiger partial charge in [0.25, 0.3) is 0 Å². The van der Waals surface area contributed by atoms with Crippen molar-refractivity contribution in [2.75, 3.05) is 13.1 Å². The van der Waals surface area contributed by atoms with Crippen molar-refractivity contribution in [1.82, 2.24) is 4.90 Å². The van der Waals surface area contributed by atoms with Crippen LogP contribution < -0.4 is 10.5 Å². The molecule has 0 saturated carbocycles. The fourth-order valence-electron chi connectivity index (χ4n) is 5.10. The molecule has 184 valence electrons. The molecule has 1 fully saturated rings. The van der Waals surface area contributed by atoms with E-state index in [0.29, 0.717) is 19.4 Å². The van der Waals surface area contributed by atoms with Gasteiger partial charge in [0, 0.05) is 18.6 Å². The number of aromatic hydroxyl groups is 1. The van der Waals surface area contributed by atoms with E-state index in [1.54, 1.807) is 6.07 Å². The molecule has 1 saturated heterocycles. The molecule has 6 heteroatoms. The van der Waals surface area contributed by atoms with Gasteiger partial charge in [-0.3, -0.25) is 9.69 Å². The smallest absolute Gasteiger partial charge is 0.232 e. The summed E-state index contributed by atoms with van der Waals surface area (Å²) in [6.45, 7) is 5.73. The normalized spacial score (nSPS) is 16.8. The molecule has 4 rings (SSSR count). The first-order valence-corrected chi connectivity index (χ1v) is 12.0. The zero-order chi connectivity index (χ0) is 25.1. The lowest BCUT2D eigenvalue weighted by atomic mass is 9.69. The van der Waals surface area contributed by atoms with E-state index in [1.165, 1.54) is 12.1 Å². The van der Waals surface area contributed by atoms with E-state index in [2.05, 4.69) is 18.7 Å². The van der Waals surface area contributed by atoms with E-state index in [-0.39, 0.29) is 23.3 Å². The number of halogens is 1. The number of carbonyl (C=O) groups excluding carboxylic acids is 1. The minimum absolute atomic E-state index is 0.0653. The van der Waals surface area contributed by atoms with Gasteiger partial charge in [0.2, 0.25) is 11.7 Å². The lowest BCUT2D eigenvalue weighted by Crippen LogP contribution is -2.47. The van der Waals surface area contributed by atoms with Crippen LogP contribution in [0.4, 0.5) is 4.39 Å². The van der Waals surface area contributed by atoms with Crippen LogP contribution in [0.3, 0.4) is 0 Å². The van der Waals surface area contributed by atoms with Crippen LogP contribution in [0.5, 0.6) is 11.5 Å². The summed E-state index contributed by atoms with van der Waals surface area (Å²) in [5.41, 5.74) is 6.70. The number of benzene rings is 3. The summed E-state index contributed by atoms with van der Waals surface area (Å²) in [4.78, 5) is 15.4. The Morgan fingerprint density at radius 3 is 2.17 bits per heavy atom. The van der Waals surface area contributed by atoms with Crippen molar-refractivity contribution in [3.05, 3.63) is 95.8 Å². The number of ether oxygens (including phenoxy) is 1. The molecule has 0 aromatic heterocycles. The number of amides is 1. The first-order valence-electron chi connectivity index (χ1n) is 12.0. The van der Waals surface area contributed by atoms with Crippen molar-refractivity contribution in [1.29, 1.82) is 0 Å². The maximum Gasteiger partial charge on any atom is 0.232 e. The van der Waals surface area contributed by atoms with Crippen molar-refractivity contribution in [3.63, 3.8) is 0 Å². The van der Waals surface area contributed by atoms with Gasteiger partial charge in [-0.15, -0.1) is 0 Å². The van der Waals surface area contributed by atoms with Gasteiger partial charge in [0.1, 0.15) is 6.10 Å². The van der Waals surface area contributed by atoms with Crippen LogP contribution in [0, 0.1) is 5.82 Å². The molecule has 1 aliphatic rings. The van der Waals surface area contributed by atoms with Gasteiger partial charge in [-0.25, -0.2) is 0 Å². The van der Waals surface area contributed by atoms with Crippen LogP contribution in [0.1, 0.15) is 44.2 Å². The predicted molar refractivity (Wildman–Crippen MR) is 135 cm³/mol. The minimum Gasteiger partial charge on any atom is -0.505 e. The molecule has 1 amide bonds. The summed E-state index contributed by atoms with van der Waals surface area (Å²) in [5.74, 6) is -1.45. The van der Waals surface area contributed by atoms with Crippen molar-refractivity contribution >= 4 is 5.91 Å². The molecule has 0 aliphatic carbocycles. The Morgan fingerprint density at radius 1 is 1.00 bits per heavy atom. The SMILES string of the molecule is CC(C)(CCC(C(N)=O)(c1ccccc1)c1ccccc1)N1CC[C@H](Oc2cccc(O)c2F)C1. The Hall–Kier alpha value is -3.38. The number of phenolic OH excluding ortho intramolecular Hbond substituents is 1. The quantitative estimate of drug-likeness (QED) is 0.455. The molecule has 3 aromatic rings. The van der Waals surface area contributed by atoms with E-state index in [4.69, 9.17) is 10.5 Å². The molecular weight excluding hydrogens is 443 g/mol. The fraction of sp³-hybridized carbons (Fsp3) is 0.345. The molecule has 1 heterocycles. The summed E-state index contributed by atoms with van der Waals surface area (Å²) in [7, 11) is 0. The summed E-state index contributed by atoms with van der Waals surface area (Å²) >= 11 is 0. The average Bonchev–Trinajstić information content (AvgIpc) is 3.33. The van der Waals surface area contributed by atoms with Crippen molar-refractivity contribution in [2.45, 2.75) is 50.2 Å². The third kappa shape index (κ3) is 5.03. The highest BCUT2D eigenvalue weighted by atomic mass is 19.1. The van der Waals surface area contributed by atoms with Gasteiger partial charge in [0.05, 0.1) is 5.41 Å². The van der Waals surface area contributed by atoms with Gasteiger partial charge in [-0.2, -0.15) is 4.39 Å². The molecule has 1 atom stereocenters. The van der Waals surface area contributed by atoms with Gasteiger partial charge in [-0.1, -0.05) is 66.7 Å². The highest BCUT2D eigenvalue weighted by Crippen LogP contribution is 2.40. The number of likely N-dealkylation sites (tertiary alicyclic amines) is 1. The number of hydrogen-bond acceptors (Lipinski definition) is 4. The van der Waals surface area contributed by atoms with E-state index >= 15 is 0 Å². The van der Waals surface area contributed by atoms with E-state index < -0.39 is 17.0 Å². The summed E-state index contributed by atoms with van der Waals surface area (Å²) < 4.78 is 20.1. The number of nitrogens with zero attached hydrogens (tertiary/aromatic N) is 1. The first-order chi connectivity index (χ1) is 16.7. The van der Waals surface area contributed by atoms with E-state index in [9.17, 15) is 14.3 Å². The summed E-state index contributed by atoms with van der Waals surface area (Å²) in [5, 5.41) is 9.63. The third-order valence-electron chi connectivity index (χ3n) is 7.30. The number of carbonyl (C=O) groups is 1. The lowest BCUT2D eigenvalue weighted by Gasteiger charge is -2.40. The predicted octanol–water partition coefficient (Wildman–Crippen LogP) is 5.01. The Kier molecular flexibility index (Phi) is 7.13. The van der Waals surface area contributed by atoms with Crippen LogP contribution in [0.2, 0.25) is 0 Å². The van der Waals surface area contributed by atoms with E-state index in [0.717, 1.165) is 24.1 Å². The zero-order valence-corrected chi connectivity index (χ0v) is 20.3. The highest BCUT2D eigenvalue weighted by molar-refractivity contribution is 5.90. The number of nitrogens with two attached hydrogens (primary N) is 1. The third-order valence-corrected chi connectivity index (χ3v) is 7.30. The number of primary amides is 1.